The van der Waals surface area contributed by atoms with Crippen LogP contribution < -0.4 is 5.32 Å². The van der Waals surface area contributed by atoms with Gasteiger partial charge in [-0.25, -0.2) is 4.79 Å². The first-order chi connectivity index (χ1) is 16.5. The Hall–Kier alpha value is -3.48. The average Bonchev–Trinajstić information content (AvgIpc) is 3.44. The second-order valence-electron chi connectivity index (χ2n) is 8.09. The largest absolute Gasteiger partial charge is 0.490 e. The summed E-state index contributed by atoms with van der Waals surface area (Å²) in [7, 11) is 0. The fraction of sp³-hybridized carbons (Fsp3) is 0.409. The van der Waals surface area contributed by atoms with Crippen LogP contribution in [0, 0.1) is 6.92 Å². The number of piperidine rings is 1. The number of alkyl halides is 3. The van der Waals surface area contributed by atoms with E-state index in [1.54, 1.807) is 12.4 Å². The minimum Gasteiger partial charge on any atom is -0.475 e. The van der Waals surface area contributed by atoms with Crippen LogP contribution in [0.5, 0.6) is 0 Å². The number of likely N-dealkylation sites (tertiary alicyclic amines) is 1. The number of oxime groups is 1. The number of carbonyl (C=O) groups is 3. The number of carboxylic acid groups (broad SMARTS) is 1. The number of hydrogen-bond donors (Lipinski definition) is 2. The van der Waals surface area contributed by atoms with Crippen LogP contribution in [0.15, 0.2) is 41.1 Å². The van der Waals surface area contributed by atoms with Gasteiger partial charge in [-0.2, -0.15) is 13.2 Å². The molecule has 0 aliphatic carbocycles. The summed E-state index contributed by atoms with van der Waals surface area (Å²) in [6.45, 7) is 3.51. The topological polar surface area (TPSA) is 121 Å². The van der Waals surface area contributed by atoms with Gasteiger partial charge in [-0.15, -0.1) is 11.3 Å². The van der Waals surface area contributed by atoms with Gasteiger partial charge < -0.3 is 20.2 Å². The zero-order valence-corrected chi connectivity index (χ0v) is 19.5. The van der Waals surface area contributed by atoms with E-state index in [2.05, 4.69) is 15.5 Å². The molecule has 13 heteroatoms. The van der Waals surface area contributed by atoms with Crippen molar-refractivity contribution in [3.05, 3.63) is 52.0 Å². The monoisotopic (exact) mass is 512 g/mol. The SMILES string of the molecule is Cc1ccsc1C(=O)N1CCCC2(CC(C(=O)NCc3ccncc3)=NO2)C1.O=C(O)C(F)(F)F. The zero-order chi connectivity index (χ0) is 25.6. The summed E-state index contributed by atoms with van der Waals surface area (Å²) in [6.07, 6.45) is 0.329. The van der Waals surface area contributed by atoms with Gasteiger partial charge in [0.25, 0.3) is 11.8 Å². The molecule has 1 spiro atoms. The molecule has 1 unspecified atom stereocenters. The number of aliphatic carboxylic acids is 1. The summed E-state index contributed by atoms with van der Waals surface area (Å²) in [6, 6.07) is 5.66. The van der Waals surface area contributed by atoms with E-state index in [9.17, 15) is 22.8 Å². The highest BCUT2D eigenvalue weighted by atomic mass is 32.1. The fourth-order valence-corrected chi connectivity index (χ4v) is 4.55. The molecule has 4 rings (SSSR count). The Morgan fingerprint density at radius 1 is 1.26 bits per heavy atom. The molecule has 9 nitrogen and oxygen atoms in total. The van der Waals surface area contributed by atoms with Crippen molar-refractivity contribution in [1.82, 2.24) is 15.2 Å². The van der Waals surface area contributed by atoms with E-state index in [-0.39, 0.29) is 11.8 Å². The van der Waals surface area contributed by atoms with Gasteiger partial charge in [-0.1, -0.05) is 5.16 Å². The third-order valence-corrected chi connectivity index (χ3v) is 6.43. The first-order valence-corrected chi connectivity index (χ1v) is 11.4. The number of aromatic nitrogens is 1. The quantitative estimate of drug-likeness (QED) is 0.649. The Labute approximate surface area is 202 Å². The van der Waals surface area contributed by atoms with Crippen molar-refractivity contribution in [3.63, 3.8) is 0 Å². The lowest BCUT2D eigenvalue weighted by Gasteiger charge is -2.38. The van der Waals surface area contributed by atoms with Crippen LogP contribution in [-0.2, 0) is 21.0 Å². The van der Waals surface area contributed by atoms with Crippen molar-refractivity contribution < 1.29 is 37.5 Å². The molecule has 0 radical (unpaired) electrons. The molecule has 0 bridgehead atoms. The summed E-state index contributed by atoms with van der Waals surface area (Å²) >= 11 is 1.46. The Balaban J connectivity index is 0.000000429. The van der Waals surface area contributed by atoms with E-state index in [4.69, 9.17) is 14.7 Å². The molecular weight excluding hydrogens is 489 g/mol. The van der Waals surface area contributed by atoms with E-state index in [1.165, 1.54) is 11.3 Å². The van der Waals surface area contributed by atoms with Crippen molar-refractivity contribution >= 4 is 34.8 Å². The van der Waals surface area contributed by atoms with E-state index in [0.717, 1.165) is 28.8 Å². The predicted molar refractivity (Wildman–Crippen MR) is 120 cm³/mol. The lowest BCUT2D eigenvalue weighted by Crippen LogP contribution is -2.51. The minimum atomic E-state index is -5.08. The number of nitrogens with zero attached hydrogens (tertiary/aromatic N) is 3. The van der Waals surface area contributed by atoms with Crippen LogP contribution in [0.4, 0.5) is 13.2 Å². The summed E-state index contributed by atoms with van der Waals surface area (Å²) in [5.74, 6) is -2.95. The number of pyridine rings is 1. The van der Waals surface area contributed by atoms with Gasteiger partial charge in [0, 0.05) is 31.9 Å². The molecule has 35 heavy (non-hydrogen) atoms. The van der Waals surface area contributed by atoms with Crippen LogP contribution in [0.1, 0.15) is 40.1 Å². The Morgan fingerprint density at radius 2 is 1.94 bits per heavy atom. The summed E-state index contributed by atoms with van der Waals surface area (Å²) < 4.78 is 31.7. The summed E-state index contributed by atoms with van der Waals surface area (Å²) in [5.41, 5.74) is 1.76. The number of amides is 2. The molecule has 2 N–H and O–H groups in total. The van der Waals surface area contributed by atoms with Gasteiger partial charge in [0.1, 0.15) is 5.71 Å². The Kier molecular flexibility index (Phi) is 8.10. The number of carboxylic acids is 1. The van der Waals surface area contributed by atoms with Gasteiger partial charge in [-0.05, 0) is 54.5 Å². The molecule has 1 saturated heterocycles. The van der Waals surface area contributed by atoms with Gasteiger partial charge in [0.15, 0.2) is 5.60 Å². The molecule has 0 saturated carbocycles. The minimum absolute atomic E-state index is 0.0331. The predicted octanol–water partition coefficient (Wildman–Crippen LogP) is 3.15. The van der Waals surface area contributed by atoms with Gasteiger partial charge in [0.2, 0.25) is 0 Å². The van der Waals surface area contributed by atoms with Gasteiger partial charge >= 0.3 is 12.1 Å². The first kappa shape index (κ1) is 26.1. The molecule has 2 aliphatic heterocycles. The number of hydrogen-bond acceptors (Lipinski definition) is 7. The van der Waals surface area contributed by atoms with Gasteiger partial charge in [0.05, 0.1) is 11.4 Å². The molecule has 1 fully saturated rings. The van der Waals surface area contributed by atoms with Crippen LogP contribution in [-0.4, -0.2) is 63.4 Å². The lowest BCUT2D eigenvalue weighted by molar-refractivity contribution is -0.192. The van der Waals surface area contributed by atoms with E-state index in [0.29, 0.717) is 31.8 Å². The molecule has 1 atom stereocenters. The van der Waals surface area contributed by atoms with Crippen LogP contribution in [0.25, 0.3) is 0 Å². The molecule has 188 valence electrons. The van der Waals surface area contributed by atoms with E-state index < -0.39 is 17.7 Å². The van der Waals surface area contributed by atoms with Crippen molar-refractivity contribution in [3.8, 4) is 0 Å². The van der Waals surface area contributed by atoms with Crippen molar-refractivity contribution in [2.75, 3.05) is 13.1 Å². The third kappa shape index (κ3) is 6.78. The highest BCUT2D eigenvalue weighted by Gasteiger charge is 2.46. The maximum atomic E-state index is 12.9. The van der Waals surface area contributed by atoms with E-state index in [1.807, 2.05) is 35.4 Å². The number of nitrogens with one attached hydrogen (secondary N) is 1. The highest BCUT2D eigenvalue weighted by molar-refractivity contribution is 7.12. The molecule has 0 aromatic carbocycles. The Bertz CT molecular complexity index is 1110. The standard InChI is InChI=1S/C20H22N4O3S.C2HF3O2/c1-14-5-10-28-17(14)19(26)24-9-2-6-20(13-24)11-16(23-27-20)18(25)22-12-15-3-7-21-8-4-15;3-2(4,5)1(6)7/h3-5,7-8,10H,2,6,9,11-13H2,1H3,(H,22,25);(H,6,7). The number of carbonyl (C=O) groups excluding carboxylic acids is 2. The molecule has 2 aliphatic rings. The smallest absolute Gasteiger partial charge is 0.475 e. The maximum absolute atomic E-state index is 12.9. The van der Waals surface area contributed by atoms with Crippen molar-refractivity contribution in [2.45, 2.75) is 44.5 Å². The lowest BCUT2D eigenvalue weighted by atomic mass is 9.88. The average molecular weight is 513 g/mol. The molecule has 2 amide bonds. The number of halogens is 3. The van der Waals surface area contributed by atoms with Crippen molar-refractivity contribution in [1.29, 1.82) is 0 Å². The first-order valence-electron chi connectivity index (χ1n) is 10.6. The summed E-state index contributed by atoms with van der Waals surface area (Å²) in [4.78, 5) is 46.5. The molecular formula is C22H23F3N4O5S. The highest BCUT2D eigenvalue weighted by Crippen LogP contribution is 2.34. The normalized spacial score (nSPS) is 19.3. The number of rotatable bonds is 4. The van der Waals surface area contributed by atoms with Crippen LogP contribution >= 0.6 is 11.3 Å². The maximum Gasteiger partial charge on any atom is 0.490 e. The Morgan fingerprint density at radius 3 is 2.54 bits per heavy atom. The molecule has 4 heterocycles. The molecule has 2 aromatic rings. The second kappa shape index (κ2) is 10.8. The second-order valence-corrected chi connectivity index (χ2v) is 9.01. The van der Waals surface area contributed by atoms with Crippen LogP contribution in [0.2, 0.25) is 0 Å². The molecule has 2 aromatic heterocycles. The van der Waals surface area contributed by atoms with Gasteiger partial charge in [-0.3, -0.25) is 14.6 Å². The van der Waals surface area contributed by atoms with Crippen molar-refractivity contribution in [2.24, 2.45) is 5.16 Å². The zero-order valence-electron chi connectivity index (χ0n) is 18.7. The summed E-state index contributed by atoms with van der Waals surface area (Å²) in [5, 5.41) is 16.0. The van der Waals surface area contributed by atoms with Crippen LogP contribution in [0.3, 0.4) is 0 Å². The third-order valence-electron chi connectivity index (χ3n) is 5.43. The number of thiophene rings is 1. The fourth-order valence-electron chi connectivity index (χ4n) is 3.65. The number of aryl methyl sites for hydroxylation is 1. The van der Waals surface area contributed by atoms with E-state index >= 15 is 0 Å².